The van der Waals surface area contributed by atoms with Crippen molar-refractivity contribution in [3.63, 3.8) is 0 Å². The maximum atomic E-state index is 13.9. The van der Waals surface area contributed by atoms with E-state index in [1.807, 2.05) is 0 Å². The zero-order valence-corrected chi connectivity index (χ0v) is 19.0. The highest BCUT2D eigenvalue weighted by molar-refractivity contribution is 5.84. The molecular formula is C27H40N2O. The lowest BCUT2D eigenvalue weighted by Gasteiger charge is -2.68. The highest BCUT2D eigenvalue weighted by Gasteiger charge is 2.66. The molecule has 2 unspecified atom stereocenters. The average molecular weight is 409 g/mol. The first-order chi connectivity index (χ1) is 14.4. The Morgan fingerprint density at radius 2 is 1.67 bits per heavy atom. The number of carbonyl (C=O) groups is 1. The van der Waals surface area contributed by atoms with Crippen LogP contribution in [0.25, 0.3) is 0 Å². The molecule has 0 aliphatic heterocycles. The molecule has 2 atom stereocenters. The van der Waals surface area contributed by atoms with Crippen molar-refractivity contribution in [2.75, 3.05) is 6.54 Å². The van der Waals surface area contributed by atoms with E-state index in [1.165, 1.54) is 37.7 Å². The molecule has 30 heavy (non-hydrogen) atoms. The molecule has 1 amide bonds. The van der Waals surface area contributed by atoms with Crippen LogP contribution in [-0.2, 0) is 10.2 Å². The predicted octanol–water partition coefficient (Wildman–Crippen LogP) is 5.18. The van der Waals surface area contributed by atoms with Gasteiger partial charge in [0.1, 0.15) is 0 Å². The summed E-state index contributed by atoms with van der Waals surface area (Å²) in [5, 5.41) is 3.55. The molecule has 1 aromatic rings. The summed E-state index contributed by atoms with van der Waals surface area (Å²) in [6.45, 7) is 5.70. The molecule has 0 heterocycles. The first kappa shape index (κ1) is 20.5. The van der Waals surface area contributed by atoms with E-state index in [-0.39, 0.29) is 10.8 Å². The van der Waals surface area contributed by atoms with E-state index in [1.54, 1.807) is 0 Å². The number of nitrogens with two attached hydrogens (primary N) is 1. The van der Waals surface area contributed by atoms with Crippen molar-refractivity contribution in [3.05, 3.63) is 35.9 Å². The molecular weight excluding hydrogens is 368 g/mol. The van der Waals surface area contributed by atoms with Crippen LogP contribution in [0.4, 0.5) is 0 Å². The third-order valence-electron chi connectivity index (χ3n) is 10.2. The van der Waals surface area contributed by atoms with Gasteiger partial charge in [-0.25, -0.2) is 0 Å². The molecule has 3 nitrogen and oxygen atoms in total. The van der Waals surface area contributed by atoms with Gasteiger partial charge in [0, 0.05) is 6.04 Å². The molecule has 1 aromatic carbocycles. The Kier molecular flexibility index (Phi) is 5.04. The van der Waals surface area contributed by atoms with Gasteiger partial charge in [0.15, 0.2) is 0 Å². The van der Waals surface area contributed by atoms with Crippen molar-refractivity contribution in [3.8, 4) is 0 Å². The Hall–Kier alpha value is -1.35. The molecule has 5 fully saturated rings. The smallest absolute Gasteiger partial charge is 0.226 e. The normalized spacial score (nSPS) is 44.8. The Morgan fingerprint density at radius 1 is 1.03 bits per heavy atom. The van der Waals surface area contributed by atoms with Crippen molar-refractivity contribution in [2.45, 2.75) is 89.5 Å². The molecule has 3 N–H and O–H groups in total. The third-order valence-corrected chi connectivity index (χ3v) is 10.2. The quantitative estimate of drug-likeness (QED) is 0.705. The van der Waals surface area contributed by atoms with Crippen LogP contribution in [0.5, 0.6) is 0 Å². The molecule has 5 saturated carbocycles. The summed E-state index contributed by atoms with van der Waals surface area (Å²) in [6.07, 6.45) is 11.6. The Bertz CT molecular complexity index is 763. The summed E-state index contributed by atoms with van der Waals surface area (Å²) in [5.41, 5.74) is 7.82. The maximum absolute atomic E-state index is 13.9. The number of nitrogens with one attached hydrogen (secondary N) is 1. The van der Waals surface area contributed by atoms with Gasteiger partial charge in [0.25, 0.3) is 0 Å². The average Bonchev–Trinajstić information content (AvgIpc) is 2.78. The van der Waals surface area contributed by atoms with Crippen molar-refractivity contribution < 1.29 is 4.79 Å². The summed E-state index contributed by atoms with van der Waals surface area (Å²) >= 11 is 0. The second kappa shape index (κ2) is 7.36. The molecule has 3 heteroatoms. The monoisotopic (exact) mass is 408 g/mol. The summed E-state index contributed by atoms with van der Waals surface area (Å²) in [5.74, 6) is 2.38. The van der Waals surface area contributed by atoms with Gasteiger partial charge in [0.2, 0.25) is 5.91 Å². The second-order valence-corrected chi connectivity index (χ2v) is 11.6. The number of hydrogen-bond acceptors (Lipinski definition) is 2. The molecule has 164 valence electrons. The molecule has 0 spiro atoms. The first-order valence-corrected chi connectivity index (χ1v) is 12.5. The lowest BCUT2D eigenvalue weighted by atomic mass is 9.36. The maximum Gasteiger partial charge on any atom is 0.226 e. The summed E-state index contributed by atoms with van der Waals surface area (Å²) in [7, 11) is 0. The largest absolute Gasteiger partial charge is 0.353 e. The lowest BCUT2D eigenvalue weighted by molar-refractivity contribution is -0.176. The van der Waals surface area contributed by atoms with Gasteiger partial charge in [-0.15, -0.1) is 0 Å². The van der Waals surface area contributed by atoms with Gasteiger partial charge in [-0.2, -0.15) is 0 Å². The summed E-state index contributed by atoms with van der Waals surface area (Å²) in [6, 6.07) is 11.5. The Morgan fingerprint density at radius 3 is 2.23 bits per heavy atom. The van der Waals surface area contributed by atoms with E-state index in [0.717, 1.165) is 38.6 Å². The van der Waals surface area contributed by atoms with Crippen LogP contribution < -0.4 is 11.1 Å². The van der Waals surface area contributed by atoms with Crippen LogP contribution in [0.1, 0.15) is 83.6 Å². The van der Waals surface area contributed by atoms with Gasteiger partial charge < -0.3 is 11.1 Å². The Labute approximate surface area is 182 Å². The number of benzene rings is 1. The van der Waals surface area contributed by atoms with E-state index in [0.29, 0.717) is 35.1 Å². The molecule has 6 rings (SSSR count). The van der Waals surface area contributed by atoms with Crippen LogP contribution in [0, 0.1) is 28.6 Å². The number of amides is 1. The van der Waals surface area contributed by atoms with Gasteiger partial charge in [-0.05, 0) is 98.5 Å². The third kappa shape index (κ3) is 3.06. The van der Waals surface area contributed by atoms with E-state index >= 15 is 0 Å². The highest BCUT2D eigenvalue weighted by atomic mass is 16.2. The van der Waals surface area contributed by atoms with Crippen LogP contribution >= 0.6 is 0 Å². The fourth-order valence-corrected chi connectivity index (χ4v) is 8.25. The van der Waals surface area contributed by atoms with Gasteiger partial charge in [-0.1, -0.05) is 50.6 Å². The van der Waals surface area contributed by atoms with Crippen molar-refractivity contribution >= 4 is 5.91 Å². The second-order valence-electron chi connectivity index (χ2n) is 11.6. The van der Waals surface area contributed by atoms with Gasteiger partial charge in [0.05, 0.1) is 5.41 Å². The highest BCUT2D eigenvalue weighted by Crippen LogP contribution is 2.71. The van der Waals surface area contributed by atoms with E-state index < -0.39 is 0 Å². The lowest BCUT2D eigenvalue weighted by Crippen LogP contribution is -2.65. The van der Waals surface area contributed by atoms with Crippen LogP contribution in [0.2, 0.25) is 0 Å². The van der Waals surface area contributed by atoms with Gasteiger partial charge in [-0.3, -0.25) is 4.79 Å². The van der Waals surface area contributed by atoms with E-state index in [2.05, 4.69) is 49.5 Å². The molecule has 0 aromatic heterocycles. The number of hydrogen-bond donors (Lipinski definition) is 2. The molecule has 5 aliphatic rings. The standard InChI is InChI=1S/C27H40N2O/c1-3-25(2)21-13-26(20-7-5-4-6-8-20)14-22(25)16-27(15-21,18-26)24(30)29-23-11-9-19(17-28)10-12-23/h4-8,19,21-23H,3,9-18,28H2,1-2H3,(H,29,30). The first-order valence-electron chi connectivity index (χ1n) is 12.5. The van der Waals surface area contributed by atoms with Gasteiger partial charge >= 0.3 is 0 Å². The zero-order valence-electron chi connectivity index (χ0n) is 19.0. The minimum Gasteiger partial charge on any atom is -0.353 e. The van der Waals surface area contributed by atoms with Crippen molar-refractivity contribution in [2.24, 2.45) is 34.3 Å². The zero-order chi connectivity index (χ0) is 21.0. The SMILES string of the molecule is CCC1(C)C2CC3(C(=O)NC4CCC(CN)CC4)CC1CC(c1ccccc1)(C2)C3. The summed E-state index contributed by atoms with van der Waals surface area (Å²) in [4.78, 5) is 13.9. The molecule has 0 saturated heterocycles. The van der Waals surface area contributed by atoms with E-state index in [9.17, 15) is 4.79 Å². The fraction of sp³-hybridized carbons (Fsp3) is 0.741. The number of rotatable bonds is 5. The number of carbonyl (C=O) groups excluding carboxylic acids is 1. The van der Waals surface area contributed by atoms with Crippen molar-refractivity contribution in [1.29, 1.82) is 0 Å². The minimum atomic E-state index is -0.152. The fourth-order valence-electron chi connectivity index (χ4n) is 8.25. The Balaban J connectivity index is 1.42. The predicted molar refractivity (Wildman–Crippen MR) is 122 cm³/mol. The topological polar surface area (TPSA) is 55.1 Å². The molecule has 0 radical (unpaired) electrons. The van der Waals surface area contributed by atoms with Crippen LogP contribution in [-0.4, -0.2) is 18.5 Å². The molecule has 4 bridgehead atoms. The van der Waals surface area contributed by atoms with Crippen LogP contribution in [0.3, 0.4) is 0 Å². The molecule has 5 aliphatic carbocycles. The summed E-state index contributed by atoms with van der Waals surface area (Å²) < 4.78 is 0. The van der Waals surface area contributed by atoms with Crippen LogP contribution in [0.15, 0.2) is 30.3 Å². The van der Waals surface area contributed by atoms with Crippen molar-refractivity contribution in [1.82, 2.24) is 5.32 Å². The van der Waals surface area contributed by atoms with E-state index in [4.69, 9.17) is 5.73 Å². The minimum absolute atomic E-state index is 0.152.